The fourth-order valence-electron chi connectivity index (χ4n) is 3.91. The minimum Gasteiger partial charge on any atom is -0.339 e. The molecule has 8 heteroatoms. The molecule has 0 N–H and O–H groups in total. The molecule has 0 radical (unpaired) electrons. The molecule has 29 heavy (non-hydrogen) atoms. The van der Waals surface area contributed by atoms with E-state index in [4.69, 9.17) is 0 Å². The van der Waals surface area contributed by atoms with Gasteiger partial charge in [-0.2, -0.15) is 4.31 Å². The van der Waals surface area contributed by atoms with Crippen LogP contribution >= 0.6 is 0 Å². The molecular formula is C21H31N3O4S. The van der Waals surface area contributed by atoms with Gasteiger partial charge in [0, 0.05) is 50.7 Å². The zero-order valence-electron chi connectivity index (χ0n) is 17.6. The Morgan fingerprint density at radius 3 is 2.07 bits per heavy atom. The molecule has 2 saturated heterocycles. The lowest BCUT2D eigenvalue weighted by Crippen LogP contribution is -2.51. The third-order valence-corrected chi connectivity index (χ3v) is 7.66. The van der Waals surface area contributed by atoms with Crippen LogP contribution in [0.3, 0.4) is 0 Å². The molecule has 0 bridgehead atoms. The van der Waals surface area contributed by atoms with Gasteiger partial charge >= 0.3 is 0 Å². The first-order chi connectivity index (χ1) is 13.7. The molecule has 0 saturated carbocycles. The van der Waals surface area contributed by atoms with Gasteiger partial charge in [0.2, 0.25) is 15.9 Å². The first-order valence-corrected chi connectivity index (χ1v) is 11.8. The molecule has 2 fully saturated rings. The summed E-state index contributed by atoms with van der Waals surface area (Å²) in [4.78, 5) is 28.9. The Morgan fingerprint density at radius 2 is 1.48 bits per heavy atom. The maximum atomic E-state index is 13.1. The highest BCUT2D eigenvalue weighted by Crippen LogP contribution is 2.24. The van der Waals surface area contributed by atoms with Crippen molar-refractivity contribution in [3.8, 4) is 0 Å². The van der Waals surface area contributed by atoms with Crippen LogP contribution in [0.1, 0.15) is 49.0 Å². The molecule has 0 atom stereocenters. The molecule has 0 unspecified atom stereocenters. The minimum atomic E-state index is -3.59. The second-order valence-electron chi connectivity index (χ2n) is 8.21. The van der Waals surface area contributed by atoms with Crippen molar-refractivity contribution in [2.75, 3.05) is 39.3 Å². The molecule has 0 aliphatic carbocycles. The molecule has 2 heterocycles. The number of carbonyl (C=O) groups is 2. The number of hydrogen-bond acceptors (Lipinski definition) is 4. The molecule has 3 rings (SSSR count). The van der Waals surface area contributed by atoms with E-state index in [0.29, 0.717) is 44.8 Å². The Morgan fingerprint density at radius 1 is 0.897 bits per heavy atom. The lowest BCUT2D eigenvalue weighted by Gasteiger charge is -2.36. The highest BCUT2D eigenvalue weighted by atomic mass is 32.2. The van der Waals surface area contributed by atoms with Gasteiger partial charge in [-0.15, -0.1) is 0 Å². The molecular weight excluding hydrogens is 390 g/mol. The molecule has 2 aliphatic heterocycles. The first kappa shape index (κ1) is 21.8. The molecule has 0 aromatic heterocycles. The second-order valence-corrected chi connectivity index (χ2v) is 10.2. The maximum Gasteiger partial charge on any atom is 0.254 e. The van der Waals surface area contributed by atoms with E-state index in [1.54, 1.807) is 21.9 Å². The number of hydrogen-bond donors (Lipinski definition) is 0. The predicted octanol–water partition coefficient (Wildman–Crippen LogP) is 2.11. The average molecular weight is 422 g/mol. The number of benzene rings is 1. The van der Waals surface area contributed by atoms with Crippen molar-refractivity contribution in [2.45, 2.75) is 44.9 Å². The van der Waals surface area contributed by atoms with E-state index < -0.39 is 10.0 Å². The molecule has 1 aromatic rings. The van der Waals surface area contributed by atoms with Gasteiger partial charge < -0.3 is 9.80 Å². The lowest BCUT2D eigenvalue weighted by atomic mass is 10.1. The molecule has 2 aliphatic rings. The van der Waals surface area contributed by atoms with E-state index in [1.165, 1.54) is 10.4 Å². The number of carbonyl (C=O) groups excluding carboxylic acids is 2. The van der Waals surface area contributed by atoms with E-state index in [9.17, 15) is 18.0 Å². The number of nitrogens with zero attached hydrogens (tertiary/aromatic N) is 3. The Hall–Kier alpha value is -1.93. The third-order valence-electron chi connectivity index (χ3n) is 5.76. The highest BCUT2D eigenvalue weighted by Gasteiger charge is 2.29. The van der Waals surface area contributed by atoms with E-state index in [1.807, 2.05) is 20.8 Å². The van der Waals surface area contributed by atoms with Crippen LogP contribution in [-0.2, 0) is 14.8 Å². The van der Waals surface area contributed by atoms with Gasteiger partial charge in [0.1, 0.15) is 0 Å². The normalized spacial score (nSPS) is 18.9. The maximum absolute atomic E-state index is 13.1. The largest absolute Gasteiger partial charge is 0.339 e. The zero-order chi connectivity index (χ0) is 21.2. The van der Waals surface area contributed by atoms with Gasteiger partial charge in [0.15, 0.2) is 0 Å². The van der Waals surface area contributed by atoms with Crippen LogP contribution in [-0.4, -0.2) is 73.6 Å². The van der Waals surface area contributed by atoms with Crippen molar-refractivity contribution in [1.29, 1.82) is 0 Å². The summed E-state index contributed by atoms with van der Waals surface area (Å²) in [5.74, 6) is -0.131. The summed E-state index contributed by atoms with van der Waals surface area (Å²) in [6.07, 6.45) is 2.79. The van der Waals surface area contributed by atoms with Crippen molar-refractivity contribution < 1.29 is 18.0 Å². The van der Waals surface area contributed by atoms with Gasteiger partial charge in [-0.25, -0.2) is 8.42 Å². The highest BCUT2D eigenvalue weighted by molar-refractivity contribution is 7.89. The van der Waals surface area contributed by atoms with Crippen LogP contribution in [0.4, 0.5) is 0 Å². The van der Waals surface area contributed by atoms with Gasteiger partial charge in [-0.3, -0.25) is 9.59 Å². The quantitative estimate of drug-likeness (QED) is 0.746. The Labute approximate surface area is 173 Å². The predicted molar refractivity (Wildman–Crippen MR) is 111 cm³/mol. The van der Waals surface area contributed by atoms with Crippen molar-refractivity contribution in [3.63, 3.8) is 0 Å². The number of piperidine rings is 1. The van der Waals surface area contributed by atoms with Crippen LogP contribution in [0.25, 0.3) is 0 Å². The van der Waals surface area contributed by atoms with Crippen LogP contribution in [0.2, 0.25) is 0 Å². The van der Waals surface area contributed by atoms with E-state index in [-0.39, 0.29) is 22.6 Å². The topological polar surface area (TPSA) is 78.0 Å². The van der Waals surface area contributed by atoms with Crippen molar-refractivity contribution in [1.82, 2.24) is 14.1 Å². The smallest absolute Gasteiger partial charge is 0.254 e. The van der Waals surface area contributed by atoms with Crippen LogP contribution in [0, 0.1) is 12.8 Å². The molecule has 160 valence electrons. The lowest BCUT2D eigenvalue weighted by molar-refractivity contribution is -0.135. The number of amides is 2. The Balaban J connectivity index is 1.76. The summed E-state index contributed by atoms with van der Waals surface area (Å²) in [5.41, 5.74) is 1.18. The summed E-state index contributed by atoms with van der Waals surface area (Å²) < 4.78 is 27.5. The minimum absolute atomic E-state index is 0.0591. The Bertz CT molecular complexity index is 868. The fraction of sp³-hybridized carbons (Fsp3) is 0.619. The summed E-state index contributed by atoms with van der Waals surface area (Å²) in [6.45, 7) is 8.57. The van der Waals surface area contributed by atoms with E-state index >= 15 is 0 Å². The van der Waals surface area contributed by atoms with E-state index in [0.717, 1.165) is 24.8 Å². The van der Waals surface area contributed by atoms with Crippen molar-refractivity contribution in [3.05, 3.63) is 29.3 Å². The summed E-state index contributed by atoms with van der Waals surface area (Å²) in [6, 6.07) is 4.82. The second kappa shape index (κ2) is 8.83. The Kier molecular flexibility index (Phi) is 6.63. The summed E-state index contributed by atoms with van der Waals surface area (Å²) in [7, 11) is -3.59. The SMILES string of the molecule is Cc1ccc(S(=O)(=O)N2CCCCC2)cc1C(=O)N1CCN(C(=O)C(C)C)CC1. The van der Waals surface area contributed by atoms with Crippen LogP contribution in [0.5, 0.6) is 0 Å². The molecule has 7 nitrogen and oxygen atoms in total. The van der Waals surface area contributed by atoms with Gasteiger partial charge in [-0.05, 0) is 37.5 Å². The van der Waals surface area contributed by atoms with E-state index in [2.05, 4.69) is 0 Å². The monoisotopic (exact) mass is 421 g/mol. The van der Waals surface area contributed by atoms with Crippen molar-refractivity contribution in [2.24, 2.45) is 5.92 Å². The summed E-state index contributed by atoms with van der Waals surface area (Å²) >= 11 is 0. The molecule has 0 spiro atoms. The average Bonchev–Trinajstić information content (AvgIpc) is 2.73. The van der Waals surface area contributed by atoms with Crippen LogP contribution < -0.4 is 0 Å². The third kappa shape index (κ3) is 4.64. The van der Waals surface area contributed by atoms with Gasteiger partial charge in [0.05, 0.1) is 4.90 Å². The number of rotatable bonds is 4. The van der Waals surface area contributed by atoms with Crippen LogP contribution in [0.15, 0.2) is 23.1 Å². The molecule has 2 amide bonds. The first-order valence-electron chi connectivity index (χ1n) is 10.4. The zero-order valence-corrected chi connectivity index (χ0v) is 18.4. The van der Waals surface area contributed by atoms with Gasteiger partial charge in [0.25, 0.3) is 5.91 Å². The fourth-order valence-corrected chi connectivity index (χ4v) is 5.46. The number of sulfonamides is 1. The number of piperazine rings is 1. The summed E-state index contributed by atoms with van der Waals surface area (Å²) in [5, 5.41) is 0. The van der Waals surface area contributed by atoms with Gasteiger partial charge in [-0.1, -0.05) is 26.3 Å². The standard InChI is InChI=1S/C21H31N3O4S/c1-16(2)20(25)22-11-13-23(14-12-22)21(26)19-15-18(8-7-17(19)3)29(27,28)24-9-5-4-6-10-24/h7-8,15-16H,4-6,9-14H2,1-3H3. The van der Waals surface area contributed by atoms with Crippen molar-refractivity contribution >= 4 is 21.8 Å². The molecule has 1 aromatic carbocycles. The number of aryl methyl sites for hydroxylation is 1.